The molecule has 0 spiro atoms. The smallest absolute Gasteiger partial charge is 0.242 e. The molecule has 0 fully saturated rings. The summed E-state index contributed by atoms with van der Waals surface area (Å²) in [6.07, 6.45) is 2.48. The summed E-state index contributed by atoms with van der Waals surface area (Å²) in [7, 11) is 0. The van der Waals surface area contributed by atoms with E-state index in [1.807, 2.05) is 0 Å². The van der Waals surface area contributed by atoms with Crippen LogP contribution in [0.4, 0.5) is 0 Å². The van der Waals surface area contributed by atoms with E-state index < -0.39 is 6.04 Å². The first-order chi connectivity index (χ1) is 8.51. The maximum absolute atomic E-state index is 11.8. The molecule has 0 saturated heterocycles. The Balaban J connectivity index is 4.21. The van der Waals surface area contributed by atoms with Crippen molar-refractivity contribution in [3.8, 4) is 0 Å². The highest BCUT2D eigenvalue weighted by Gasteiger charge is 2.18. The van der Waals surface area contributed by atoms with Gasteiger partial charge in [-0.25, -0.2) is 0 Å². The number of rotatable bonds is 9. The number of unbranched alkanes of at least 4 members (excludes halogenated alkanes) is 1. The summed E-state index contributed by atoms with van der Waals surface area (Å²) in [6, 6.07) is -0.585. The lowest BCUT2D eigenvalue weighted by atomic mass is 10.1. The molecular formula is C12H23N3O3. The van der Waals surface area contributed by atoms with Crippen molar-refractivity contribution in [2.24, 2.45) is 5.73 Å². The molecule has 0 bridgehead atoms. The Kier molecular flexibility index (Phi) is 8.82. The number of carbonyl (C=O) groups excluding carboxylic acids is 3. The first-order valence-electron chi connectivity index (χ1n) is 6.27. The molecule has 0 aromatic rings. The standard InChI is InChI=1S/C12H23N3O3/c1-3-10(17)8-14-12(18)11(15-9(2)16)6-4-5-7-13/h11H,3-8,13H2,1-2H3,(H,14,18)(H,15,16)/t11-/m0/s1. The van der Waals surface area contributed by atoms with Gasteiger partial charge in [0.2, 0.25) is 11.8 Å². The van der Waals surface area contributed by atoms with Crippen molar-refractivity contribution >= 4 is 17.6 Å². The van der Waals surface area contributed by atoms with E-state index in [1.165, 1.54) is 6.92 Å². The van der Waals surface area contributed by atoms with Crippen LogP contribution in [0.25, 0.3) is 0 Å². The zero-order valence-corrected chi connectivity index (χ0v) is 11.1. The van der Waals surface area contributed by atoms with Crippen LogP contribution in [0, 0.1) is 0 Å². The minimum Gasteiger partial charge on any atom is -0.347 e. The van der Waals surface area contributed by atoms with Crippen molar-refractivity contribution in [1.82, 2.24) is 10.6 Å². The normalized spacial score (nSPS) is 11.7. The van der Waals surface area contributed by atoms with Gasteiger partial charge in [-0.05, 0) is 25.8 Å². The second kappa shape index (κ2) is 9.58. The van der Waals surface area contributed by atoms with Gasteiger partial charge in [0.15, 0.2) is 5.78 Å². The van der Waals surface area contributed by atoms with Crippen molar-refractivity contribution in [3.05, 3.63) is 0 Å². The Morgan fingerprint density at radius 2 is 1.89 bits per heavy atom. The molecule has 1 atom stereocenters. The number of nitrogens with two attached hydrogens (primary N) is 1. The molecule has 0 unspecified atom stereocenters. The molecule has 6 heteroatoms. The zero-order chi connectivity index (χ0) is 14.0. The molecule has 18 heavy (non-hydrogen) atoms. The number of hydrogen-bond donors (Lipinski definition) is 3. The van der Waals surface area contributed by atoms with Gasteiger partial charge in [-0.3, -0.25) is 14.4 Å². The van der Waals surface area contributed by atoms with Gasteiger partial charge in [0.05, 0.1) is 6.54 Å². The molecule has 6 nitrogen and oxygen atoms in total. The van der Waals surface area contributed by atoms with Crippen LogP contribution in [0.1, 0.15) is 39.5 Å². The lowest BCUT2D eigenvalue weighted by molar-refractivity contribution is -0.129. The van der Waals surface area contributed by atoms with Crippen molar-refractivity contribution in [2.45, 2.75) is 45.6 Å². The fraction of sp³-hybridized carbons (Fsp3) is 0.750. The second-order valence-corrected chi connectivity index (χ2v) is 4.15. The summed E-state index contributed by atoms with van der Waals surface area (Å²) < 4.78 is 0. The highest BCUT2D eigenvalue weighted by Crippen LogP contribution is 2.01. The fourth-order valence-corrected chi connectivity index (χ4v) is 1.44. The summed E-state index contributed by atoms with van der Waals surface area (Å²) in [5.41, 5.74) is 5.38. The molecule has 0 aliphatic carbocycles. The van der Waals surface area contributed by atoms with Gasteiger partial charge in [0.1, 0.15) is 6.04 Å². The molecule has 0 aliphatic heterocycles. The molecule has 104 valence electrons. The monoisotopic (exact) mass is 257 g/mol. The van der Waals surface area contributed by atoms with E-state index in [2.05, 4.69) is 10.6 Å². The molecule has 0 aromatic carbocycles. The van der Waals surface area contributed by atoms with Gasteiger partial charge >= 0.3 is 0 Å². The van der Waals surface area contributed by atoms with Gasteiger partial charge in [0.25, 0.3) is 0 Å². The highest BCUT2D eigenvalue weighted by molar-refractivity contribution is 5.90. The summed E-state index contributed by atoms with van der Waals surface area (Å²) in [6.45, 7) is 3.67. The van der Waals surface area contributed by atoms with E-state index >= 15 is 0 Å². The fourth-order valence-electron chi connectivity index (χ4n) is 1.44. The predicted octanol–water partition coefficient (Wildman–Crippen LogP) is -0.285. The number of hydrogen-bond acceptors (Lipinski definition) is 4. The maximum Gasteiger partial charge on any atom is 0.242 e. The van der Waals surface area contributed by atoms with E-state index in [-0.39, 0.29) is 24.1 Å². The number of Topliss-reactive ketones (excluding diaryl/α,β-unsaturated/α-hetero) is 1. The van der Waals surface area contributed by atoms with E-state index in [0.717, 1.165) is 12.8 Å². The van der Waals surface area contributed by atoms with Crippen molar-refractivity contribution in [2.75, 3.05) is 13.1 Å². The van der Waals surface area contributed by atoms with Crippen molar-refractivity contribution < 1.29 is 14.4 Å². The summed E-state index contributed by atoms with van der Waals surface area (Å²) >= 11 is 0. The van der Waals surface area contributed by atoms with E-state index in [4.69, 9.17) is 5.73 Å². The topological polar surface area (TPSA) is 101 Å². The first-order valence-corrected chi connectivity index (χ1v) is 6.27. The molecule has 2 amide bonds. The Bertz CT molecular complexity index is 292. The average Bonchev–Trinajstić information content (AvgIpc) is 2.34. The number of carbonyl (C=O) groups is 3. The molecule has 0 saturated carbocycles. The second-order valence-electron chi connectivity index (χ2n) is 4.15. The summed E-state index contributed by atoms with van der Waals surface area (Å²) in [5.74, 6) is -0.611. The summed E-state index contributed by atoms with van der Waals surface area (Å²) in [4.78, 5) is 33.9. The SMILES string of the molecule is CCC(=O)CNC(=O)[C@H](CCCCN)NC(C)=O. The third-order valence-corrected chi connectivity index (χ3v) is 2.50. The number of nitrogens with one attached hydrogen (secondary N) is 2. The van der Waals surface area contributed by atoms with E-state index in [0.29, 0.717) is 19.4 Å². The molecule has 0 heterocycles. The molecule has 0 radical (unpaired) electrons. The van der Waals surface area contributed by atoms with Crippen LogP contribution >= 0.6 is 0 Å². The van der Waals surface area contributed by atoms with Crippen LogP contribution in [0.15, 0.2) is 0 Å². The van der Waals surface area contributed by atoms with Crippen molar-refractivity contribution in [3.63, 3.8) is 0 Å². The van der Waals surface area contributed by atoms with Gasteiger partial charge < -0.3 is 16.4 Å². The van der Waals surface area contributed by atoms with Gasteiger partial charge in [0, 0.05) is 13.3 Å². The van der Waals surface area contributed by atoms with Crippen LogP contribution in [0.2, 0.25) is 0 Å². The van der Waals surface area contributed by atoms with Crippen LogP contribution in [-0.2, 0) is 14.4 Å². The maximum atomic E-state index is 11.8. The number of amides is 2. The van der Waals surface area contributed by atoms with Gasteiger partial charge in [-0.15, -0.1) is 0 Å². The van der Waals surface area contributed by atoms with Crippen LogP contribution in [0.3, 0.4) is 0 Å². The Labute approximate surface area is 108 Å². The highest BCUT2D eigenvalue weighted by atomic mass is 16.2. The van der Waals surface area contributed by atoms with Crippen molar-refractivity contribution in [1.29, 1.82) is 0 Å². The van der Waals surface area contributed by atoms with E-state index in [1.54, 1.807) is 6.92 Å². The molecule has 4 N–H and O–H groups in total. The number of ketones is 1. The molecule has 0 aliphatic rings. The third-order valence-electron chi connectivity index (χ3n) is 2.50. The Morgan fingerprint density at radius 3 is 2.39 bits per heavy atom. The molecule has 0 aromatic heterocycles. The minimum absolute atomic E-state index is 0.0162. The van der Waals surface area contributed by atoms with Gasteiger partial charge in [-0.1, -0.05) is 6.92 Å². The first kappa shape index (κ1) is 16.6. The van der Waals surface area contributed by atoms with Crippen LogP contribution < -0.4 is 16.4 Å². The Morgan fingerprint density at radius 1 is 1.22 bits per heavy atom. The lowest BCUT2D eigenvalue weighted by Gasteiger charge is -2.17. The van der Waals surface area contributed by atoms with Crippen LogP contribution in [0.5, 0.6) is 0 Å². The Hall–Kier alpha value is -1.43. The summed E-state index contributed by atoms with van der Waals surface area (Å²) in [5, 5.41) is 5.11. The average molecular weight is 257 g/mol. The molecular weight excluding hydrogens is 234 g/mol. The van der Waals surface area contributed by atoms with E-state index in [9.17, 15) is 14.4 Å². The predicted molar refractivity (Wildman–Crippen MR) is 68.8 cm³/mol. The molecule has 0 rings (SSSR count). The third kappa shape index (κ3) is 7.78. The minimum atomic E-state index is -0.585. The lowest BCUT2D eigenvalue weighted by Crippen LogP contribution is -2.47. The zero-order valence-electron chi connectivity index (χ0n) is 11.1. The van der Waals surface area contributed by atoms with Gasteiger partial charge in [-0.2, -0.15) is 0 Å². The quantitative estimate of drug-likeness (QED) is 0.494. The largest absolute Gasteiger partial charge is 0.347 e. The van der Waals surface area contributed by atoms with Crippen LogP contribution in [-0.4, -0.2) is 36.7 Å².